The number of fused-ring (bicyclic) bond motifs is 2. The Balaban J connectivity index is 1.59. The summed E-state index contributed by atoms with van der Waals surface area (Å²) in [5, 5.41) is 15.8. The number of benzene rings is 2. The molecule has 0 saturated carbocycles. The SMILES string of the molecule is CC(=O)N[C@@H]1[C@@H](Oc2ccc3ccccc3c2)O[C@@H]2COC(C)(C)O[C@@H]2[C@@H]1O. The molecular weight excluding hydrogens is 362 g/mol. The van der Waals surface area contributed by atoms with E-state index in [1.807, 2.05) is 42.5 Å². The fourth-order valence-corrected chi connectivity index (χ4v) is 3.71. The molecule has 2 aliphatic rings. The number of hydrogen-bond acceptors (Lipinski definition) is 6. The van der Waals surface area contributed by atoms with Gasteiger partial charge in [-0.2, -0.15) is 0 Å². The summed E-state index contributed by atoms with van der Waals surface area (Å²) in [5.41, 5.74) is 0. The summed E-state index contributed by atoms with van der Waals surface area (Å²) in [5.74, 6) is -0.537. The summed E-state index contributed by atoms with van der Waals surface area (Å²) in [6.07, 6.45) is -3.01. The molecule has 28 heavy (non-hydrogen) atoms. The highest BCUT2D eigenvalue weighted by atomic mass is 16.8. The van der Waals surface area contributed by atoms with Gasteiger partial charge in [0, 0.05) is 6.92 Å². The number of carbonyl (C=O) groups is 1. The van der Waals surface area contributed by atoms with E-state index in [1.54, 1.807) is 13.8 Å². The van der Waals surface area contributed by atoms with Gasteiger partial charge in [-0.15, -0.1) is 0 Å². The second kappa shape index (κ2) is 7.33. The van der Waals surface area contributed by atoms with E-state index in [9.17, 15) is 9.90 Å². The van der Waals surface area contributed by atoms with E-state index in [2.05, 4.69) is 5.32 Å². The molecule has 2 aromatic rings. The van der Waals surface area contributed by atoms with Gasteiger partial charge in [-0.25, -0.2) is 0 Å². The molecule has 0 aromatic heterocycles. The van der Waals surface area contributed by atoms with Gasteiger partial charge >= 0.3 is 0 Å². The van der Waals surface area contributed by atoms with E-state index >= 15 is 0 Å². The van der Waals surface area contributed by atoms with Gasteiger partial charge < -0.3 is 29.4 Å². The maximum Gasteiger partial charge on any atom is 0.223 e. The predicted molar refractivity (Wildman–Crippen MR) is 102 cm³/mol. The number of aliphatic hydroxyl groups excluding tert-OH is 1. The summed E-state index contributed by atoms with van der Waals surface area (Å²) in [7, 11) is 0. The zero-order chi connectivity index (χ0) is 19.9. The Bertz CT molecular complexity index is 869. The number of nitrogens with one attached hydrogen (secondary N) is 1. The van der Waals surface area contributed by atoms with Crippen LogP contribution in [0.3, 0.4) is 0 Å². The molecule has 7 nitrogen and oxygen atoms in total. The van der Waals surface area contributed by atoms with Crippen molar-refractivity contribution in [1.82, 2.24) is 5.32 Å². The van der Waals surface area contributed by atoms with Crippen molar-refractivity contribution in [3.63, 3.8) is 0 Å². The van der Waals surface area contributed by atoms with Crippen LogP contribution in [0.15, 0.2) is 42.5 Å². The van der Waals surface area contributed by atoms with Crippen molar-refractivity contribution in [2.24, 2.45) is 0 Å². The van der Waals surface area contributed by atoms with E-state index in [-0.39, 0.29) is 12.5 Å². The number of carbonyl (C=O) groups excluding carboxylic acids is 1. The predicted octanol–water partition coefficient (Wildman–Crippen LogP) is 1.96. The van der Waals surface area contributed by atoms with E-state index < -0.39 is 36.4 Å². The zero-order valence-electron chi connectivity index (χ0n) is 16.1. The molecular formula is C21H25NO6. The molecule has 1 amide bonds. The first-order chi connectivity index (χ1) is 13.3. The number of aliphatic hydroxyl groups is 1. The maximum atomic E-state index is 11.7. The zero-order valence-corrected chi connectivity index (χ0v) is 16.1. The lowest BCUT2D eigenvalue weighted by Gasteiger charge is -2.49. The van der Waals surface area contributed by atoms with Crippen molar-refractivity contribution in [3.8, 4) is 5.75 Å². The number of rotatable bonds is 3. The molecule has 0 bridgehead atoms. The first kappa shape index (κ1) is 19.1. The van der Waals surface area contributed by atoms with Crippen LogP contribution in [-0.4, -0.2) is 54.1 Å². The van der Waals surface area contributed by atoms with Gasteiger partial charge in [0.05, 0.1) is 6.61 Å². The van der Waals surface area contributed by atoms with Crippen LogP contribution in [0, 0.1) is 0 Å². The summed E-state index contributed by atoms with van der Waals surface area (Å²) >= 11 is 0. The molecule has 150 valence electrons. The monoisotopic (exact) mass is 387 g/mol. The Morgan fingerprint density at radius 3 is 2.71 bits per heavy atom. The molecule has 2 N–H and O–H groups in total. The number of hydrogen-bond donors (Lipinski definition) is 2. The van der Waals surface area contributed by atoms with Crippen LogP contribution in [0.2, 0.25) is 0 Å². The third-order valence-electron chi connectivity index (χ3n) is 5.03. The Morgan fingerprint density at radius 1 is 1.21 bits per heavy atom. The molecule has 4 rings (SSSR count). The van der Waals surface area contributed by atoms with Crippen molar-refractivity contribution in [3.05, 3.63) is 42.5 Å². The van der Waals surface area contributed by atoms with Gasteiger partial charge in [0.25, 0.3) is 0 Å². The maximum absolute atomic E-state index is 11.7. The highest BCUT2D eigenvalue weighted by molar-refractivity contribution is 5.83. The summed E-state index contributed by atoms with van der Waals surface area (Å²) in [6.45, 7) is 5.21. The van der Waals surface area contributed by atoms with Crippen molar-refractivity contribution in [2.75, 3.05) is 6.61 Å². The minimum absolute atomic E-state index is 0.263. The highest BCUT2D eigenvalue weighted by Crippen LogP contribution is 2.33. The standard InChI is InChI=1S/C21H25NO6/c1-12(23)22-17-18(24)19-16(11-25-21(2,3)28-19)27-20(17)26-15-9-8-13-6-4-5-7-14(13)10-15/h4-10,16-20,24H,11H2,1-3H3,(H,22,23)/t16-,17+,18-,19+,20+/m1/s1. The van der Waals surface area contributed by atoms with Crippen LogP contribution >= 0.6 is 0 Å². The smallest absolute Gasteiger partial charge is 0.223 e. The van der Waals surface area contributed by atoms with Crippen LogP contribution in [0.5, 0.6) is 5.75 Å². The quantitative estimate of drug-likeness (QED) is 0.837. The van der Waals surface area contributed by atoms with Crippen LogP contribution in [0.4, 0.5) is 0 Å². The number of ether oxygens (including phenoxy) is 4. The lowest BCUT2D eigenvalue weighted by atomic mass is 9.95. The largest absolute Gasteiger partial charge is 0.463 e. The van der Waals surface area contributed by atoms with Gasteiger partial charge in [0.1, 0.15) is 30.1 Å². The van der Waals surface area contributed by atoms with Crippen LogP contribution < -0.4 is 10.1 Å². The van der Waals surface area contributed by atoms with E-state index in [0.717, 1.165) is 10.8 Å². The van der Waals surface area contributed by atoms with Gasteiger partial charge in [-0.05, 0) is 36.8 Å². The minimum atomic E-state index is -1.00. The molecule has 0 spiro atoms. The Hall–Kier alpha value is -2.19. The van der Waals surface area contributed by atoms with Crippen molar-refractivity contribution in [1.29, 1.82) is 0 Å². The van der Waals surface area contributed by atoms with Crippen LogP contribution in [0.25, 0.3) is 10.8 Å². The first-order valence-electron chi connectivity index (χ1n) is 9.40. The van der Waals surface area contributed by atoms with Crippen molar-refractivity contribution >= 4 is 16.7 Å². The Kier molecular flexibility index (Phi) is 5.01. The lowest BCUT2D eigenvalue weighted by molar-refractivity contribution is -0.361. The third-order valence-corrected chi connectivity index (χ3v) is 5.03. The Morgan fingerprint density at radius 2 is 1.96 bits per heavy atom. The first-order valence-corrected chi connectivity index (χ1v) is 9.40. The number of amides is 1. The normalized spacial score (nSPS) is 31.8. The van der Waals surface area contributed by atoms with Crippen LogP contribution in [-0.2, 0) is 19.0 Å². The fourth-order valence-electron chi connectivity index (χ4n) is 3.71. The average Bonchev–Trinajstić information content (AvgIpc) is 2.65. The highest BCUT2D eigenvalue weighted by Gasteiger charge is 2.52. The third kappa shape index (κ3) is 3.84. The summed E-state index contributed by atoms with van der Waals surface area (Å²) < 4.78 is 23.6. The second-order valence-electron chi connectivity index (χ2n) is 7.68. The molecule has 5 atom stereocenters. The summed E-state index contributed by atoms with van der Waals surface area (Å²) in [4.78, 5) is 11.7. The molecule has 2 aromatic carbocycles. The Labute approximate surface area is 163 Å². The van der Waals surface area contributed by atoms with Gasteiger partial charge in [-0.1, -0.05) is 30.3 Å². The fraction of sp³-hybridized carbons (Fsp3) is 0.476. The molecule has 7 heteroatoms. The molecule has 2 saturated heterocycles. The molecule has 2 aliphatic heterocycles. The molecule has 0 unspecified atom stereocenters. The van der Waals surface area contributed by atoms with Crippen molar-refractivity contribution in [2.45, 2.75) is 57.2 Å². The molecule has 2 fully saturated rings. The average molecular weight is 387 g/mol. The molecule has 0 aliphatic carbocycles. The topological polar surface area (TPSA) is 86.3 Å². The van der Waals surface area contributed by atoms with Gasteiger partial charge in [0.2, 0.25) is 12.2 Å². The molecule has 2 heterocycles. The summed E-state index contributed by atoms with van der Waals surface area (Å²) in [6, 6.07) is 12.9. The molecule has 0 radical (unpaired) electrons. The van der Waals surface area contributed by atoms with Gasteiger partial charge in [0.15, 0.2) is 5.79 Å². The van der Waals surface area contributed by atoms with Gasteiger partial charge in [-0.3, -0.25) is 4.79 Å². The minimum Gasteiger partial charge on any atom is -0.463 e. The van der Waals surface area contributed by atoms with E-state index in [4.69, 9.17) is 18.9 Å². The van der Waals surface area contributed by atoms with Crippen molar-refractivity contribution < 1.29 is 28.8 Å². The van der Waals surface area contributed by atoms with E-state index in [1.165, 1.54) is 6.92 Å². The van der Waals surface area contributed by atoms with Crippen LogP contribution in [0.1, 0.15) is 20.8 Å². The lowest BCUT2D eigenvalue weighted by Crippen LogP contribution is -2.69. The second-order valence-corrected chi connectivity index (χ2v) is 7.68. The van der Waals surface area contributed by atoms with E-state index in [0.29, 0.717) is 5.75 Å².